The number of hydrogen-bond donors (Lipinski definition) is 0. The number of rotatable bonds is 2. The Morgan fingerprint density at radius 3 is 2.64 bits per heavy atom. The molecule has 4 heteroatoms. The summed E-state index contributed by atoms with van der Waals surface area (Å²) in [5.74, 6) is 0.562. The van der Waals surface area contributed by atoms with Gasteiger partial charge in [-0.1, -0.05) is 11.6 Å². The van der Waals surface area contributed by atoms with Crippen LogP contribution in [-0.2, 0) is 4.74 Å². The number of halogens is 1. The Balaban J connectivity index is 1.86. The average Bonchev–Trinajstić information content (AvgIpc) is 2.96. The van der Waals surface area contributed by atoms with Gasteiger partial charge in [-0.2, -0.15) is 0 Å². The number of pyridine rings is 1. The molecule has 1 aliphatic heterocycles. The molecule has 0 atom stereocenters. The number of ether oxygens (including phenoxy) is 1. The lowest BCUT2D eigenvalue weighted by Gasteiger charge is -2.21. The van der Waals surface area contributed by atoms with Crippen molar-refractivity contribution < 1.29 is 4.74 Å². The number of benzene rings is 1. The van der Waals surface area contributed by atoms with E-state index in [4.69, 9.17) is 16.3 Å². The van der Waals surface area contributed by atoms with Gasteiger partial charge in [-0.05, 0) is 54.7 Å². The Kier molecular flexibility index (Phi) is 3.60. The second-order valence-electron chi connectivity index (χ2n) is 5.71. The molecule has 0 saturated carbocycles. The number of fused-ring (bicyclic) bond motifs is 1. The molecule has 1 aromatic carbocycles. The number of nitrogens with zero attached hydrogens (tertiary/aromatic N) is 2. The minimum atomic E-state index is 0.562. The molecule has 0 aliphatic carbocycles. The standard InChI is InChI=1S/C18H17ClN2O/c19-14-1-3-15(4-2-14)21-12-17(13-6-9-22-10-7-13)16-5-8-20-11-18(16)21/h1-5,8,11-13H,6-7,9-10H2. The van der Waals surface area contributed by atoms with Crippen LogP contribution in [0.25, 0.3) is 16.6 Å². The van der Waals surface area contributed by atoms with E-state index in [9.17, 15) is 0 Å². The molecule has 1 aliphatic rings. The quantitative estimate of drug-likeness (QED) is 0.693. The van der Waals surface area contributed by atoms with Gasteiger partial charge in [0.2, 0.25) is 0 Å². The number of aromatic nitrogens is 2. The zero-order valence-corrected chi connectivity index (χ0v) is 13.0. The van der Waals surface area contributed by atoms with Gasteiger partial charge < -0.3 is 9.30 Å². The van der Waals surface area contributed by atoms with Crippen LogP contribution >= 0.6 is 11.6 Å². The summed E-state index contributed by atoms with van der Waals surface area (Å²) in [5, 5.41) is 2.04. The first-order chi connectivity index (χ1) is 10.8. The Labute approximate surface area is 134 Å². The fourth-order valence-corrected chi connectivity index (χ4v) is 3.38. The zero-order chi connectivity index (χ0) is 14.9. The first kappa shape index (κ1) is 13.8. The fourth-order valence-electron chi connectivity index (χ4n) is 3.25. The van der Waals surface area contributed by atoms with Crippen LogP contribution in [0.5, 0.6) is 0 Å². The molecule has 0 spiro atoms. The molecule has 0 unspecified atom stereocenters. The van der Waals surface area contributed by atoms with Crippen molar-refractivity contribution in [3.8, 4) is 5.69 Å². The second kappa shape index (κ2) is 5.75. The van der Waals surface area contributed by atoms with Crippen molar-refractivity contribution in [3.05, 3.63) is 59.5 Å². The summed E-state index contributed by atoms with van der Waals surface area (Å²) in [6.07, 6.45) is 8.24. The molecule has 0 radical (unpaired) electrons. The molecular weight excluding hydrogens is 296 g/mol. The van der Waals surface area contributed by atoms with E-state index in [0.717, 1.165) is 42.3 Å². The van der Waals surface area contributed by atoms with E-state index in [1.165, 1.54) is 10.9 Å². The summed E-state index contributed by atoms with van der Waals surface area (Å²) >= 11 is 6.01. The molecule has 2 aromatic heterocycles. The van der Waals surface area contributed by atoms with Crippen molar-refractivity contribution in [2.45, 2.75) is 18.8 Å². The third-order valence-corrected chi connectivity index (χ3v) is 4.66. The van der Waals surface area contributed by atoms with Gasteiger partial charge in [0.1, 0.15) is 0 Å². The highest BCUT2D eigenvalue weighted by molar-refractivity contribution is 6.30. The van der Waals surface area contributed by atoms with Crippen LogP contribution in [0, 0.1) is 0 Å². The van der Waals surface area contributed by atoms with Crippen molar-refractivity contribution in [3.63, 3.8) is 0 Å². The minimum absolute atomic E-state index is 0.562. The third kappa shape index (κ3) is 2.40. The third-order valence-electron chi connectivity index (χ3n) is 4.40. The van der Waals surface area contributed by atoms with Crippen LogP contribution in [0.4, 0.5) is 0 Å². The van der Waals surface area contributed by atoms with Gasteiger partial charge in [-0.25, -0.2) is 0 Å². The monoisotopic (exact) mass is 312 g/mol. The molecule has 0 bridgehead atoms. The summed E-state index contributed by atoms with van der Waals surface area (Å²) in [7, 11) is 0. The van der Waals surface area contributed by atoms with E-state index in [-0.39, 0.29) is 0 Å². The van der Waals surface area contributed by atoms with Gasteiger partial charge in [0.15, 0.2) is 0 Å². The maximum absolute atomic E-state index is 6.01. The molecule has 0 N–H and O–H groups in total. The topological polar surface area (TPSA) is 27.1 Å². The van der Waals surface area contributed by atoms with E-state index >= 15 is 0 Å². The van der Waals surface area contributed by atoms with E-state index in [1.807, 2.05) is 36.7 Å². The van der Waals surface area contributed by atoms with Gasteiger partial charge in [0.05, 0.1) is 11.7 Å². The number of hydrogen-bond acceptors (Lipinski definition) is 2. The highest BCUT2D eigenvalue weighted by atomic mass is 35.5. The first-order valence-electron chi connectivity index (χ1n) is 7.61. The van der Waals surface area contributed by atoms with Gasteiger partial charge in [0, 0.05) is 41.7 Å². The Bertz CT molecular complexity index is 788. The normalized spacial score (nSPS) is 16.2. The molecule has 22 heavy (non-hydrogen) atoms. The van der Waals surface area contributed by atoms with E-state index in [2.05, 4.69) is 21.8 Å². The van der Waals surface area contributed by atoms with Crippen LogP contribution in [-0.4, -0.2) is 22.8 Å². The maximum atomic E-state index is 6.01. The predicted molar refractivity (Wildman–Crippen MR) is 88.9 cm³/mol. The molecule has 0 amide bonds. The lowest BCUT2D eigenvalue weighted by atomic mass is 9.92. The van der Waals surface area contributed by atoms with Crippen LogP contribution in [0.1, 0.15) is 24.3 Å². The molecular formula is C18H17ClN2O. The van der Waals surface area contributed by atoms with Crippen molar-refractivity contribution in [1.82, 2.24) is 9.55 Å². The molecule has 1 saturated heterocycles. The fraction of sp³-hybridized carbons (Fsp3) is 0.278. The van der Waals surface area contributed by atoms with E-state index in [0.29, 0.717) is 5.92 Å². The lowest BCUT2D eigenvalue weighted by Crippen LogP contribution is -2.13. The van der Waals surface area contributed by atoms with Crippen LogP contribution in [0.15, 0.2) is 48.9 Å². The van der Waals surface area contributed by atoms with Crippen molar-refractivity contribution in [1.29, 1.82) is 0 Å². The maximum Gasteiger partial charge on any atom is 0.0715 e. The highest BCUT2D eigenvalue weighted by Crippen LogP contribution is 2.34. The van der Waals surface area contributed by atoms with Crippen LogP contribution in [0.3, 0.4) is 0 Å². The summed E-state index contributed by atoms with van der Waals surface area (Å²) < 4.78 is 7.72. The SMILES string of the molecule is Clc1ccc(-n2cc(C3CCOCC3)c3ccncc32)cc1. The van der Waals surface area contributed by atoms with Crippen molar-refractivity contribution in [2.75, 3.05) is 13.2 Å². The first-order valence-corrected chi connectivity index (χ1v) is 7.99. The molecule has 4 rings (SSSR count). The summed E-state index contributed by atoms with van der Waals surface area (Å²) in [6, 6.07) is 10.1. The molecule has 1 fully saturated rings. The molecule has 3 nitrogen and oxygen atoms in total. The molecule has 3 heterocycles. The summed E-state index contributed by atoms with van der Waals surface area (Å²) in [4.78, 5) is 4.30. The Hall–Kier alpha value is -1.84. The van der Waals surface area contributed by atoms with Crippen LogP contribution in [0.2, 0.25) is 5.02 Å². The van der Waals surface area contributed by atoms with Gasteiger partial charge in [0.25, 0.3) is 0 Å². The molecule has 3 aromatic rings. The van der Waals surface area contributed by atoms with E-state index in [1.54, 1.807) is 0 Å². The minimum Gasteiger partial charge on any atom is -0.381 e. The van der Waals surface area contributed by atoms with Crippen LogP contribution < -0.4 is 0 Å². The van der Waals surface area contributed by atoms with Gasteiger partial charge >= 0.3 is 0 Å². The van der Waals surface area contributed by atoms with Gasteiger partial charge in [-0.3, -0.25) is 4.98 Å². The van der Waals surface area contributed by atoms with Gasteiger partial charge in [-0.15, -0.1) is 0 Å². The highest BCUT2D eigenvalue weighted by Gasteiger charge is 2.21. The van der Waals surface area contributed by atoms with E-state index < -0.39 is 0 Å². The summed E-state index contributed by atoms with van der Waals surface area (Å²) in [6.45, 7) is 1.70. The zero-order valence-electron chi connectivity index (χ0n) is 12.2. The smallest absolute Gasteiger partial charge is 0.0715 e. The largest absolute Gasteiger partial charge is 0.381 e. The summed E-state index contributed by atoms with van der Waals surface area (Å²) in [5.41, 5.74) is 3.66. The van der Waals surface area contributed by atoms with Crippen molar-refractivity contribution in [2.24, 2.45) is 0 Å². The average molecular weight is 313 g/mol. The Morgan fingerprint density at radius 2 is 1.86 bits per heavy atom. The predicted octanol–water partition coefficient (Wildman–Crippen LogP) is 4.57. The second-order valence-corrected chi connectivity index (χ2v) is 6.15. The molecule has 112 valence electrons. The van der Waals surface area contributed by atoms with Crippen molar-refractivity contribution >= 4 is 22.5 Å². The lowest BCUT2D eigenvalue weighted by molar-refractivity contribution is 0.0856. The Morgan fingerprint density at radius 1 is 1.09 bits per heavy atom.